The number of nitrogens with zero attached hydrogens (tertiary/aromatic N) is 1. The van der Waals surface area contributed by atoms with Crippen LogP contribution in [0.2, 0.25) is 0 Å². The van der Waals surface area contributed by atoms with E-state index in [0.29, 0.717) is 77.8 Å². The number of fused-ring (bicyclic) bond motifs is 6. The van der Waals surface area contributed by atoms with E-state index in [1.807, 2.05) is 19.1 Å². The van der Waals surface area contributed by atoms with Crippen molar-refractivity contribution in [1.82, 2.24) is 10.2 Å². The van der Waals surface area contributed by atoms with Crippen molar-refractivity contribution in [1.29, 1.82) is 0 Å². The van der Waals surface area contributed by atoms with Gasteiger partial charge in [-0.25, -0.2) is 0 Å². The van der Waals surface area contributed by atoms with Crippen molar-refractivity contribution in [2.24, 2.45) is 29.6 Å². The molecule has 10 atom stereocenters. The van der Waals surface area contributed by atoms with Gasteiger partial charge in [-0.05, 0) is 128 Å². The van der Waals surface area contributed by atoms with Gasteiger partial charge in [0.25, 0.3) is 11.8 Å². The largest absolute Gasteiger partial charge is 0.502 e. The third kappa shape index (κ3) is 7.75. The number of hydrogen-bond acceptors (Lipinski definition) is 14. The zero-order valence-corrected chi connectivity index (χ0v) is 43.2. The van der Waals surface area contributed by atoms with Crippen molar-refractivity contribution in [3.63, 3.8) is 0 Å². The van der Waals surface area contributed by atoms with Gasteiger partial charge in [-0.2, -0.15) is 0 Å². The molecule has 8 aliphatic rings. The molecular formula is C60H71N3O12. The Morgan fingerprint density at radius 3 is 2.37 bits per heavy atom. The van der Waals surface area contributed by atoms with Gasteiger partial charge in [0.2, 0.25) is 5.75 Å². The van der Waals surface area contributed by atoms with Crippen LogP contribution in [0.1, 0.15) is 134 Å². The quantitative estimate of drug-likeness (QED) is 0.0324. The Labute approximate surface area is 438 Å². The molecule has 15 heteroatoms. The summed E-state index contributed by atoms with van der Waals surface area (Å²) in [5.41, 5.74) is 7.23. The monoisotopic (exact) mass is 1030 g/mol. The maximum atomic E-state index is 13.8. The second kappa shape index (κ2) is 19.6. The first-order valence-electron chi connectivity index (χ1n) is 27.4. The fourth-order valence-corrected chi connectivity index (χ4v) is 16.3. The van der Waals surface area contributed by atoms with Crippen molar-refractivity contribution >= 4 is 17.5 Å². The molecule has 10 unspecified atom stereocenters. The number of ether oxygens (including phenoxy) is 5. The number of amides is 2. The van der Waals surface area contributed by atoms with Gasteiger partial charge in [0.05, 0.1) is 51.2 Å². The summed E-state index contributed by atoms with van der Waals surface area (Å²) >= 11 is 0. The number of benzene rings is 4. The SMILES string of the molecule is CCNCOc1cc(OC)c2c3c1C(O)Nc1cc4c(c(c1-3)CC2)C(O)C(c1cc(OC)c(O)c(OCC(CO)C23CC(C5(N6C(=O)C=CC6=O)CCCCC5)CC5C(CCO)CC(CC52)c2ccccc23)c1)CO4. The second-order valence-corrected chi connectivity index (χ2v) is 22.6. The first kappa shape index (κ1) is 50.0. The van der Waals surface area contributed by atoms with Crippen molar-refractivity contribution in [2.45, 2.75) is 119 Å². The van der Waals surface area contributed by atoms with Gasteiger partial charge in [-0.1, -0.05) is 50.5 Å². The summed E-state index contributed by atoms with van der Waals surface area (Å²) in [6.45, 7) is 2.91. The highest BCUT2D eigenvalue weighted by Gasteiger charge is 2.64. The number of phenols is 1. The molecule has 3 aliphatic heterocycles. The lowest BCUT2D eigenvalue weighted by atomic mass is 9.40. The molecule has 0 radical (unpaired) electrons. The number of aromatic hydroxyl groups is 1. The van der Waals surface area contributed by atoms with Crippen LogP contribution in [-0.2, 0) is 27.8 Å². The highest BCUT2D eigenvalue weighted by Crippen LogP contribution is 2.68. The predicted octanol–water partition coefficient (Wildman–Crippen LogP) is 7.83. The number of methoxy groups -OCH3 is 2. The van der Waals surface area contributed by atoms with Crippen LogP contribution in [0.3, 0.4) is 0 Å². The van der Waals surface area contributed by atoms with E-state index >= 15 is 0 Å². The van der Waals surface area contributed by atoms with Crippen LogP contribution < -0.4 is 34.3 Å². The van der Waals surface area contributed by atoms with E-state index in [1.165, 1.54) is 30.4 Å². The molecule has 2 amide bonds. The molecule has 15 nitrogen and oxygen atoms in total. The summed E-state index contributed by atoms with van der Waals surface area (Å²) in [5.74, 6) is 0.890. The van der Waals surface area contributed by atoms with Crippen LogP contribution in [0.15, 0.2) is 60.7 Å². The van der Waals surface area contributed by atoms with E-state index in [2.05, 4.69) is 34.9 Å². The maximum absolute atomic E-state index is 13.8. The Morgan fingerprint density at radius 2 is 1.63 bits per heavy atom. The van der Waals surface area contributed by atoms with Crippen molar-refractivity contribution in [2.75, 3.05) is 59.2 Å². The maximum Gasteiger partial charge on any atom is 0.254 e. The van der Waals surface area contributed by atoms with E-state index in [9.17, 15) is 35.1 Å². The lowest BCUT2D eigenvalue weighted by molar-refractivity contribution is -0.156. The van der Waals surface area contributed by atoms with Gasteiger partial charge in [-0.3, -0.25) is 19.8 Å². The first-order chi connectivity index (χ1) is 36.5. The summed E-state index contributed by atoms with van der Waals surface area (Å²) < 4.78 is 31.4. The van der Waals surface area contributed by atoms with Gasteiger partial charge in [0, 0.05) is 76.1 Å². The van der Waals surface area contributed by atoms with Crippen LogP contribution in [0.4, 0.5) is 5.69 Å². The Hall–Kier alpha value is -5.84. The number of aliphatic hydroxyl groups excluding tert-OH is 4. The molecule has 12 rings (SSSR count). The van der Waals surface area contributed by atoms with Crippen LogP contribution in [0.5, 0.6) is 34.5 Å². The molecule has 3 saturated carbocycles. The van der Waals surface area contributed by atoms with E-state index in [4.69, 9.17) is 23.7 Å². The summed E-state index contributed by atoms with van der Waals surface area (Å²) in [7, 11) is 3.11. The van der Waals surface area contributed by atoms with Crippen molar-refractivity contribution in [3.05, 3.63) is 99.6 Å². The van der Waals surface area contributed by atoms with Crippen molar-refractivity contribution in [3.8, 4) is 45.6 Å². The molecule has 7 N–H and O–H groups in total. The summed E-state index contributed by atoms with van der Waals surface area (Å²) in [4.78, 5) is 29.3. The Kier molecular flexibility index (Phi) is 13.1. The number of carbonyl (C=O) groups excluding carboxylic acids is 2. The van der Waals surface area contributed by atoms with Crippen LogP contribution in [0.25, 0.3) is 11.1 Å². The topological polar surface area (TPSA) is 209 Å². The lowest BCUT2D eigenvalue weighted by Gasteiger charge is -2.65. The Morgan fingerprint density at radius 1 is 0.867 bits per heavy atom. The number of carbonyl (C=O) groups is 2. The number of imide groups is 1. The standard InChI is InChI=1S/C60H71N3O12/c1-4-61-31-75-47-26-45(71-2)38-12-13-39-52-44(62-58(70)55(47)54(38)52)25-46-53(39)56(68)41(30-74-46)34-22-48(72-3)57(69)49(23-34)73-29-36(28-65)60-27-35(59(17-8-5-9-18-59)63-50(66)14-15-51(63)67)24-40-32(16-19-64)20-33(21-43(40)60)37-10-6-7-11-42(37)60/h6-7,10-11,14-15,22-23,25-26,32-33,35-36,40-41,43,56,58,61-62,64-65,68-70H,4-5,8-9,12-13,16-21,24,27-31H2,1-3H3. The molecule has 75 heavy (non-hydrogen) atoms. The van der Waals surface area contributed by atoms with Gasteiger partial charge >= 0.3 is 0 Å². The summed E-state index contributed by atoms with van der Waals surface area (Å²) in [6, 6.07) is 15.8. The zero-order chi connectivity index (χ0) is 51.9. The number of anilines is 1. The predicted molar refractivity (Wildman–Crippen MR) is 279 cm³/mol. The minimum atomic E-state index is -1.07. The molecule has 5 aliphatic carbocycles. The van der Waals surface area contributed by atoms with Crippen molar-refractivity contribution < 1.29 is 58.8 Å². The summed E-state index contributed by atoms with van der Waals surface area (Å²) in [6.07, 6.45) is 10.2. The van der Waals surface area contributed by atoms with E-state index in [0.717, 1.165) is 73.6 Å². The number of aliphatic hydroxyl groups is 4. The molecule has 4 aromatic rings. The van der Waals surface area contributed by atoms with Gasteiger partial charge in [-0.15, -0.1) is 0 Å². The number of hydrogen-bond donors (Lipinski definition) is 7. The van der Waals surface area contributed by atoms with Crippen LogP contribution >= 0.6 is 0 Å². The third-order valence-corrected chi connectivity index (χ3v) is 19.5. The van der Waals surface area contributed by atoms with Gasteiger partial charge in [0.15, 0.2) is 17.7 Å². The minimum absolute atomic E-state index is 0.0273. The number of nitrogens with one attached hydrogen (secondary N) is 2. The molecular weight excluding hydrogens is 955 g/mol. The number of phenolic OH excluding ortho intramolecular Hbond substituents is 1. The average Bonchev–Trinajstić information content (AvgIpc) is 3.81. The second-order valence-electron chi connectivity index (χ2n) is 22.6. The van der Waals surface area contributed by atoms with E-state index < -0.39 is 35.1 Å². The molecule has 0 spiro atoms. The molecule has 4 aromatic carbocycles. The Balaban J connectivity index is 0.911. The average molecular weight is 1030 g/mol. The molecule has 398 valence electrons. The zero-order valence-electron chi connectivity index (χ0n) is 43.2. The highest BCUT2D eigenvalue weighted by molar-refractivity contribution is 6.13. The molecule has 3 fully saturated rings. The first-order valence-corrected chi connectivity index (χ1v) is 27.4. The van der Waals surface area contributed by atoms with Gasteiger partial charge in [0.1, 0.15) is 24.0 Å². The Bertz CT molecular complexity index is 2920. The molecule has 3 heterocycles. The molecule has 0 aromatic heterocycles. The van der Waals surface area contributed by atoms with E-state index in [1.54, 1.807) is 24.1 Å². The third-order valence-electron chi connectivity index (χ3n) is 19.5. The smallest absolute Gasteiger partial charge is 0.254 e. The minimum Gasteiger partial charge on any atom is -0.502 e. The van der Waals surface area contributed by atoms with Crippen LogP contribution in [-0.4, -0.2) is 102 Å². The van der Waals surface area contributed by atoms with E-state index in [-0.39, 0.29) is 85.9 Å². The molecule has 2 bridgehead atoms. The summed E-state index contributed by atoms with van der Waals surface area (Å²) in [5, 5.41) is 65.3. The molecule has 0 saturated heterocycles. The fourth-order valence-electron chi connectivity index (χ4n) is 16.3. The fraction of sp³-hybridized carbons (Fsp3) is 0.533. The van der Waals surface area contributed by atoms with Gasteiger partial charge < -0.3 is 54.5 Å². The number of rotatable bonds is 16. The normalized spacial score (nSPS) is 28.8. The highest BCUT2D eigenvalue weighted by atomic mass is 16.5. The lowest BCUT2D eigenvalue weighted by Crippen LogP contribution is -2.65. The van der Waals surface area contributed by atoms with Crippen LogP contribution in [0, 0.1) is 29.6 Å².